The quantitative estimate of drug-likeness (QED) is 0.737. The van der Waals surface area contributed by atoms with Crippen molar-refractivity contribution in [1.29, 1.82) is 0 Å². The molecule has 1 aromatic rings. The summed E-state index contributed by atoms with van der Waals surface area (Å²) in [5.41, 5.74) is 6.20. The molecule has 1 saturated heterocycles. The van der Waals surface area contributed by atoms with E-state index in [1.165, 1.54) is 6.07 Å². The minimum atomic E-state index is -4.37. The Balaban J connectivity index is 1.78. The average molecular weight is 370 g/mol. The first-order valence-electron chi connectivity index (χ1n) is 8.86. The lowest BCUT2D eigenvalue weighted by Gasteiger charge is -2.40. The van der Waals surface area contributed by atoms with Gasteiger partial charge in [-0.05, 0) is 63.3 Å². The number of carbonyl (C=O) groups excluding carboxylic acids is 1. The molecule has 1 spiro atoms. The lowest BCUT2D eigenvalue weighted by atomic mass is 9.73. The van der Waals surface area contributed by atoms with Crippen molar-refractivity contribution in [3.8, 4) is 0 Å². The van der Waals surface area contributed by atoms with Gasteiger partial charge in [-0.25, -0.2) is 4.79 Å². The number of halogens is 3. The molecular formula is C19H25F3N2O2. The highest BCUT2D eigenvalue weighted by atomic mass is 19.4. The molecule has 0 saturated carbocycles. The number of rotatable bonds is 0. The van der Waals surface area contributed by atoms with Crippen LogP contribution in [0.2, 0.25) is 0 Å². The lowest BCUT2D eigenvalue weighted by molar-refractivity contribution is -0.137. The van der Waals surface area contributed by atoms with Crippen molar-refractivity contribution in [2.24, 2.45) is 5.73 Å². The summed E-state index contributed by atoms with van der Waals surface area (Å²) in [6.45, 7) is 6.49. The summed E-state index contributed by atoms with van der Waals surface area (Å²) in [5.74, 6) is 0. The van der Waals surface area contributed by atoms with Crippen molar-refractivity contribution in [1.82, 2.24) is 4.90 Å². The van der Waals surface area contributed by atoms with Crippen LogP contribution in [0.15, 0.2) is 18.2 Å². The molecule has 1 heterocycles. The third-order valence-corrected chi connectivity index (χ3v) is 5.33. The van der Waals surface area contributed by atoms with Crippen LogP contribution in [0, 0.1) is 0 Å². The van der Waals surface area contributed by atoms with Gasteiger partial charge in [0.05, 0.1) is 5.56 Å². The second kappa shape index (κ2) is 6.15. The number of hydrogen-bond donors (Lipinski definition) is 1. The maximum atomic E-state index is 13.0. The summed E-state index contributed by atoms with van der Waals surface area (Å²) in [5, 5.41) is 0. The normalized spacial score (nSPS) is 22.4. The van der Waals surface area contributed by atoms with Gasteiger partial charge in [0.25, 0.3) is 0 Å². The maximum absolute atomic E-state index is 13.0. The highest BCUT2D eigenvalue weighted by Gasteiger charge is 2.46. The Morgan fingerprint density at radius 2 is 1.85 bits per heavy atom. The van der Waals surface area contributed by atoms with Crippen LogP contribution in [0.4, 0.5) is 18.0 Å². The molecule has 4 nitrogen and oxygen atoms in total. The largest absolute Gasteiger partial charge is 0.444 e. The fraction of sp³-hybridized carbons (Fsp3) is 0.632. The van der Waals surface area contributed by atoms with Gasteiger partial charge in [-0.3, -0.25) is 0 Å². The summed E-state index contributed by atoms with van der Waals surface area (Å²) in [6.07, 6.45) is -2.74. The molecule has 2 aliphatic rings. The minimum absolute atomic E-state index is 0.253. The zero-order chi connectivity index (χ0) is 19.3. The van der Waals surface area contributed by atoms with Crippen molar-refractivity contribution in [2.45, 2.75) is 63.3 Å². The molecule has 0 aromatic heterocycles. The van der Waals surface area contributed by atoms with Crippen LogP contribution in [0.1, 0.15) is 62.8 Å². The Hall–Kier alpha value is -1.76. The smallest absolute Gasteiger partial charge is 0.416 e. The third-order valence-electron chi connectivity index (χ3n) is 5.33. The van der Waals surface area contributed by atoms with E-state index in [2.05, 4.69) is 0 Å². The topological polar surface area (TPSA) is 55.6 Å². The Labute approximate surface area is 151 Å². The Kier molecular flexibility index (Phi) is 4.50. The molecule has 3 rings (SSSR count). The predicted molar refractivity (Wildman–Crippen MR) is 91.7 cm³/mol. The van der Waals surface area contributed by atoms with Crippen molar-refractivity contribution in [3.63, 3.8) is 0 Å². The van der Waals surface area contributed by atoms with Gasteiger partial charge in [-0.1, -0.05) is 6.07 Å². The first kappa shape index (κ1) is 19.0. The van der Waals surface area contributed by atoms with Gasteiger partial charge in [0, 0.05) is 24.5 Å². The van der Waals surface area contributed by atoms with Crippen molar-refractivity contribution >= 4 is 6.09 Å². The summed E-state index contributed by atoms with van der Waals surface area (Å²) >= 11 is 0. The van der Waals surface area contributed by atoms with E-state index in [9.17, 15) is 18.0 Å². The molecule has 144 valence electrons. The molecule has 1 aliphatic heterocycles. The molecular weight excluding hydrogens is 345 g/mol. The summed E-state index contributed by atoms with van der Waals surface area (Å²) in [6, 6.07) is 3.50. The van der Waals surface area contributed by atoms with Crippen LogP contribution in [0.3, 0.4) is 0 Å². The maximum Gasteiger partial charge on any atom is 0.416 e. The molecule has 26 heavy (non-hydrogen) atoms. The van der Waals surface area contributed by atoms with Crippen molar-refractivity contribution in [2.75, 3.05) is 13.1 Å². The number of benzene rings is 1. The van der Waals surface area contributed by atoms with Crippen LogP contribution in [-0.4, -0.2) is 29.7 Å². The highest BCUT2D eigenvalue weighted by Crippen LogP contribution is 2.51. The van der Waals surface area contributed by atoms with Crippen molar-refractivity contribution in [3.05, 3.63) is 34.9 Å². The summed E-state index contributed by atoms with van der Waals surface area (Å²) in [7, 11) is 0. The first-order valence-corrected chi connectivity index (χ1v) is 8.86. The number of hydrogen-bond acceptors (Lipinski definition) is 3. The second-order valence-electron chi connectivity index (χ2n) is 8.36. The number of fused-ring (bicyclic) bond motifs is 2. The van der Waals surface area contributed by atoms with E-state index in [4.69, 9.17) is 10.5 Å². The van der Waals surface area contributed by atoms with E-state index in [0.717, 1.165) is 11.6 Å². The van der Waals surface area contributed by atoms with Gasteiger partial charge in [0.15, 0.2) is 0 Å². The van der Waals surface area contributed by atoms with Crippen molar-refractivity contribution < 1.29 is 22.7 Å². The van der Waals surface area contributed by atoms with E-state index < -0.39 is 23.4 Å². The highest BCUT2D eigenvalue weighted by molar-refractivity contribution is 5.68. The Morgan fingerprint density at radius 3 is 2.38 bits per heavy atom. The molecule has 0 bridgehead atoms. The van der Waals surface area contributed by atoms with Crippen LogP contribution in [0.5, 0.6) is 0 Å². The molecule has 1 aliphatic carbocycles. The zero-order valence-electron chi connectivity index (χ0n) is 15.3. The van der Waals surface area contributed by atoms with Gasteiger partial charge in [0.1, 0.15) is 5.60 Å². The second-order valence-corrected chi connectivity index (χ2v) is 8.36. The van der Waals surface area contributed by atoms with Gasteiger partial charge in [0.2, 0.25) is 0 Å². The van der Waals surface area contributed by atoms with E-state index in [-0.39, 0.29) is 11.5 Å². The van der Waals surface area contributed by atoms with E-state index in [1.54, 1.807) is 11.0 Å². The number of alkyl halides is 3. The molecule has 1 fully saturated rings. The molecule has 0 unspecified atom stereocenters. The lowest BCUT2D eigenvalue weighted by Crippen LogP contribution is -2.46. The monoisotopic (exact) mass is 370 g/mol. The van der Waals surface area contributed by atoms with E-state index in [1.807, 2.05) is 20.8 Å². The number of piperidine rings is 1. The summed E-state index contributed by atoms with van der Waals surface area (Å²) in [4.78, 5) is 13.9. The minimum Gasteiger partial charge on any atom is -0.444 e. The number of nitrogens with two attached hydrogens (primary N) is 1. The standard InChI is InChI=1S/C19H25F3N2O2/c1-17(2,3)26-16(25)24-8-6-18(7-9-24)11-15(23)13-10-12(19(20,21)22)4-5-14(13)18/h4-5,10,15H,6-9,11,23H2,1-3H3/t15-/m0/s1. The number of nitrogens with zero attached hydrogens (tertiary/aromatic N) is 1. The van der Waals surface area contributed by atoms with Gasteiger partial charge < -0.3 is 15.4 Å². The number of ether oxygens (including phenoxy) is 1. The van der Waals surface area contributed by atoms with E-state index in [0.29, 0.717) is 37.9 Å². The number of likely N-dealkylation sites (tertiary alicyclic amines) is 1. The molecule has 1 atom stereocenters. The van der Waals surface area contributed by atoms with Gasteiger partial charge >= 0.3 is 12.3 Å². The van der Waals surface area contributed by atoms with Crippen LogP contribution < -0.4 is 5.73 Å². The first-order chi connectivity index (χ1) is 11.9. The molecule has 7 heteroatoms. The molecule has 2 N–H and O–H groups in total. The fourth-order valence-electron chi connectivity index (χ4n) is 4.09. The molecule has 1 amide bonds. The fourth-order valence-corrected chi connectivity index (χ4v) is 4.09. The summed E-state index contributed by atoms with van der Waals surface area (Å²) < 4.78 is 44.4. The van der Waals surface area contributed by atoms with Crippen LogP contribution in [-0.2, 0) is 16.3 Å². The van der Waals surface area contributed by atoms with E-state index >= 15 is 0 Å². The van der Waals surface area contributed by atoms with Crippen LogP contribution in [0.25, 0.3) is 0 Å². The average Bonchev–Trinajstić information content (AvgIpc) is 2.77. The number of carbonyl (C=O) groups is 1. The molecule has 0 radical (unpaired) electrons. The predicted octanol–water partition coefficient (Wildman–Crippen LogP) is 4.38. The van der Waals surface area contributed by atoms with Crippen LogP contribution >= 0.6 is 0 Å². The zero-order valence-corrected chi connectivity index (χ0v) is 15.3. The third kappa shape index (κ3) is 3.54. The number of amides is 1. The SMILES string of the molecule is CC(C)(C)OC(=O)N1CCC2(CC1)C[C@H](N)c1cc(C(F)(F)F)ccc12. The Morgan fingerprint density at radius 1 is 1.23 bits per heavy atom. The van der Waals surface area contributed by atoms with Gasteiger partial charge in [-0.2, -0.15) is 13.2 Å². The van der Waals surface area contributed by atoms with Gasteiger partial charge in [-0.15, -0.1) is 0 Å². The molecule has 1 aromatic carbocycles. The Bertz CT molecular complexity index is 702.